The van der Waals surface area contributed by atoms with Crippen molar-refractivity contribution in [2.45, 2.75) is 0 Å². The van der Waals surface area contributed by atoms with Crippen LogP contribution < -0.4 is 5.32 Å². The molecule has 0 spiro atoms. The van der Waals surface area contributed by atoms with Crippen molar-refractivity contribution >= 4 is 17.2 Å². The summed E-state index contributed by atoms with van der Waals surface area (Å²) in [5, 5.41) is 6.49. The van der Waals surface area contributed by atoms with Crippen molar-refractivity contribution < 1.29 is 9.53 Å². The van der Waals surface area contributed by atoms with E-state index >= 15 is 0 Å². The number of carbonyl (C=O) groups excluding carboxylic acids is 1. The van der Waals surface area contributed by atoms with Crippen molar-refractivity contribution in [1.82, 2.24) is 10.2 Å². The maximum Gasteiger partial charge on any atom is 0.252 e. The number of amides is 1. The van der Waals surface area contributed by atoms with Crippen LogP contribution in [0.25, 0.3) is 0 Å². The quantitative estimate of drug-likeness (QED) is 0.822. The van der Waals surface area contributed by atoms with E-state index < -0.39 is 0 Å². The minimum atomic E-state index is -0.0584. The van der Waals surface area contributed by atoms with E-state index in [-0.39, 0.29) is 5.91 Å². The summed E-state index contributed by atoms with van der Waals surface area (Å²) >= 11 is 1.52. The molecule has 1 amide bonds. The monoisotopic (exact) mass is 264 g/mol. The molecule has 4 nitrogen and oxygen atoms in total. The van der Waals surface area contributed by atoms with Crippen molar-refractivity contribution in [3.05, 3.63) is 22.4 Å². The average molecular weight is 264 g/mol. The van der Waals surface area contributed by atoms with Gasteiger partial charge < -0.3 is 10.1 Å². The molecule has 0 atom stereocenters. The Balaban J connectivity index is 1.64. The summed E-state index contributed by atoms with van der Waals surface area (Å²) in [5.41, 5.74) is 0.704. The zero-order valence-corrected chi connectivity index (χ0v) is 11.0. The first-order chi connectivity index (χ1) is 8.86. The Morgan fingerprint density at radius 1 is 1.44 bits per heavy atom. The molecule has 0 bridgehead atoms. The Bertz CT molecular complexity index is 428. The van der Waals surface area contributed by atoms with E-state index in [1.807, 2.05) is 10.8 Å². The lowest BCUT2D eigenvalue weighted by molar-refractivity contribution is 0.0443. The molecule has 5 heteroatoms. The summed E-state index contributed by atoms with van der Waals surface area (Å²) < 4.78 is 5.25. The molecule has 1 saturated heterocycles. The Labute approximate surface area is 111 Å². The smallest absolute Gasteiger partial charge is 0.252 e. The van der Waals surface area contributed by atoms with Gasteiger partial charge in [0.15, 0.2) is 0 Å². The summed E-state index contributed by atoms with van der Waals surface area (Å²) in [6.45, 7) is 4.61. The predicted octanol–water partition coefficient (Wildman–Crippen LogP) is 0.814. The molecule has 0 radical (unpaired) electrons. The first-order valence-corrected chi connectivity index (χ1v) is 6.87. The Hall–Kier alpha value is -1.35. The van der Waals surface area contributed by atoms with Gasteiger partial charge in [-0.1, -0.05) is 11.8 Å². The van der Waals surface area contributed by atoms with Crippen LogP contribution in [-0.4, -0.2) is 50.2 Å². The van der Waals surface area contributed by atoms with Crippen LogP contribution in [0.5, 0.6) is 0 Å². The Kier molecular flexibility index (Phi) is 5.21. The number of hydrogen-bond donors (Lipinski definition) is 1. The molecule has 0 aromatic carbocycles. The summed E-state index contributed by atoms with van der Waals surface area (Å²) in [7, 11) is 0. The van der Waals surface area contributed by atoms with E-state index in [0.29, 0.717) is 12.1 Å². The van der Waals surface area contributed by atoms with E-state index in [0.717, 1.165) is 32.8 Å². The van der Waals surface area contributed by atoms with Crippen LogP contribution in [0.15, 0.2) is 16.8 Å². The third-order valence-corrected chi connectivity index (χ3v) is 3.34. The maximum absolute atomic E-state index is 11.6. The Morgan fingerprint density at radius 2 is 2.28 bits per heavy atom. The molecule has 0 saturated carbocycles. The molecule has 0 unspecified atom stereocenters. The van der Waals surface area contributed by atoms with E-state index in [2.05, 4.69) is 22.1 Å². The van der Waals surface area contributed by atoms with Gasteiger partial charge in [-0.3, -0.25) is 9.69 Å². The number of rotatable bonds is 3. The second-order valence-electron chi connectivity index (χ2n) is 3.94. The summed E-state index contributed by atoms with van der Waals surface area (Å²) in [5.74, 6) is 5.97. The summed E-state index contributed by atoms with van der Waals surface area (Å²) in [6.07, 6.45) is 0. The van der Waals surface area contributed by atoms with Gasteiger partial charge in [0.25, 0.3) is 5.91 Å². The maximum atomic E-state index is 11.6. The first-order valence-electron chi connectivity index (χ1n) is 5.92. The molecular formula is C13H16N2O2S. The second kappa shape index (κ2) is 7.17. The van der Waals surface area contributed by atoms with Crippen LogP contribution in [0.2, 0.25) is 0 Å². The fourth-order valence-electron chi connectivity index (χ4n) is 1.61. The predicted molar refractivity (Wildman–Crippen MR) is 71.7 cm³/mol. The highest BCUT2D eigenvalue weighted by Gasteiger charge is 2.07. The third kappa shape index (κ3) is 4.15. The number of nitrogens with one attached hydrogen (secondary N) is 1. The molecule has 1 aromatic heterocycles. The van der Waals surface area contributed by atoms with Crippen LogP contribution in [0.3, 0.4) is 0 Å². The van der Waals surface area contributed by atoms with Crippen molar-refractivity contribution in [2.75, 3.05) is 39.4 Å². The van der Waals surface area contributed by atoms with E-state index in [1.54, 1.807) is 6.07 Å². The lowest BCUT2D eigenvalue weighted by Crippen LogP contribution is -2.36. The molecule has 2 rings (SSSR count). The third-order valence-electron chi connectivity index (χ3n) is 2.65. The number of carbonyl (C=O) groups is 1. The molecule has 2 heterocycles. The van der Waals surface area contributed by atoms with Gasteiger partial charge in [0.2, 0.25) is 0 Å². The normalized spacial score (nSPS) is 15.8. The van der Waals surface area contributed by atoms with Gasteiger partial charge in [0.1, 0.15) is 0 Å². The fraction of sp³-hybridized carbons (Fsp3) is 0.462. The minimum Gasteiger partial charge on any atom is -0.379 e. The highest BCUT2D eigenvalue weighted by atomic mass is 32.1. The number of hydrogen-bond acceptors (Lipinski definition) is 4. The van der Waals surface area contributed by atoms with Crippen molar-refractivity contribution in [3.8, 4) is 11.8 Å². The number of thiophene rings is 1. The highest BCUT2D eigenvalue weighted by Crippen LogP contribution is 2.04. The fourth-order valence-corrected chi connectivity index (χ4v) is 2.25. The SMILES string of the molecule is O=C(NCC#CCN1CCOCC1)c1ccsc1. The van der Waals surface area contributed by atoms with Gasteiger partial charge in [0.05, 0.1) is 31.9 Å². The van der Waals surface area contributed by atoms with E-state index in [1.165, 1.54) is 11.3 Å². The van der Waals surface area contributed by atoms with Gasteiger partial charge in [-0.15, -0.1) is 0 Å². The molecule has 1 aliphatic heterocycles. The van der Waals surface area contributed by atoms with Gasteiger partial charge in [-0.05, 0) is 11.4 Å². The number of nitrogens with zero attached hydrogens (tertiary/aromatic N) is 1. The zero-order chi connectivity index (χ0) is 12.6. The first kappa shape index (κ1) is 13.1. The van der Waals surface area contributed by atoms with Crippen LogP contribution in [0.1, 0.15) is 10.4 Å². The van der Waals surface area contributed by atoms with E-state index in [9.17, 15) is 4.79 Å². The van der Waals surface area contributed by atoms with Gasteiger partial charge in [0, 0.05) is 18.5 Å². The highest BCUT2D eigenvalue weighted by molar-refractivity contribution is 7.08. The molecule has 96 valence electrons. The van der Waals surface area contributed by atoms with Gasteiger partial charge in [-0.2, -0.15) is 11.3 Å². The van der Waals surface area contributed by atoms with Gasteiger partial charge >= 0.3 is 0 Å². The van der Waals surface area contributed by atoms with Crippen LogP contribution >= 0.6 is 11.3 Å². The molecule has 1 aliphatic rings. The number of morpholine rings is 1. The Morgan fingerprint density at radius 3 is 3.00 bits per heavy atom. The molecule has 0 aliphatic carbocycles. The van der Waals surface area contributed by atoms with Crippen molar-refractivity contribution in [1.29, 1.82) is 0 Å². The molecular weight excluding hydrogens is 248 g/mol. The molecule has 1 N–H and O–H groups in total. The van der Waals surface area contributed by atoms with Crippen LogP contribution in [-0.2, 0) is 4.74 Å². The lowest BCUT2D eigenvalue weighted by atomic mass is 10.3. The zero-order valence-electron chi connectivity index (χ0n) is 10.1. The standard InChI is InChI=1S/C13H16N2O2S/c16-13(12-3-10-18-11-12)14-4-1-2-5-15-6-8-17-9-7-15/h3,10-11H,4-9H2,(H,14,16). The molecule has 1 aromatic rings. The van der Waals surface area contributed by atoms with Crippen molar-refractivity contribution in [2.24, 2.45) is 0 Å². The largest absolute Gasteiger partial charge is 0.379 e. The van der Waals surface area contributed by atoms with Crippen molar-refractivity contribution in [3.63, 3.8) is 0 Å². The van der Waals surface area contributed by atoms with Gasteiger partial charge in [-0.25, -0.2) is 0 Å². The van der Waals surface area contributed by atoms with Crippen LogP contribution in [0, 0.1) is 11.8 Å². The number of ether oxygens (including phenoxy) is 1. The average Bonchev–Trinajstić information content (AvgIpc) is 2.93. The topological polar surface area (TPSA) is 41.6 Å². The summed E-state index contributed by atoms with van der Waals surface area (Å²) in [4.78, 5) is 13.8. The van der Waals surface area contributed by atoms with E-state index in [4.69, 9.17) is 4.74 Å². The lowest BCUT2D eigenvalue weighted by Gasteiger charge is -2.24. The molecule has 1 fully saturated rings. The minimum absolute atomic E-state index is 0.0584. The van der Waals surface area contributed by atoms with Crippen LogP contribution in [0.4, 0.5) is 0 Å². The summed E-state index contributed by atoms with van der Waals surface area (Å²) in [6, 6.07) is 1.81. The second-order valence-corrected chi connectivity index (χ2v) is 4.72. The molecule has 18 heavy (non-hydrogen) atoms.